The maximum atomic E-state index is 10.5. The van der Waals surface area contributed by atoms with Gasteiger partial charge in [0.2, 0.25) is 0 Å². The molecule has 0 radical (unpaired) electrons. The lowest BCUT2D eigenvalue weighted by Crippen LogP contribution is -2.29. The van der Waals surface area contributed by atoms with Crippen molar-refractivity contribution >= 4 is 16.9 Å². The van der Waals surface area contributed by atoms with Gasteiger partial charge >= 0.3 is 0 Å². The van der Waals surface area contributed by atoms with Crippen LogP contribution in [0.1, 0.15) is 29.7 Å². The van der Waals surface area contributed by atoms with Crippen molar-refractivity contribution in [3.63, 3.8) is 0 Å². The molecule has 26 heavy (non-hydrogen) atoms. The van der Waals surface area contributed by atoms with Crippen molar-refractivity contribution in [1.82, 2.24) is 19.5 Å². The summed E-state index contributed by atoms with van der Waals surface area (Å²) in [5, 5.41) is 13.9. The Morgan fingerprint density at radius 1 is 1.12 bits per heavy atom. The first-order valence-electron chi connectivity index (χ1n) is 9.15. The van der Waals surface area contributed by atoms with Crippen molar-refractivity contribution in [3.8, 4) is 0 Å². The first-order chi connectivity index (χ1) is 12.5. The fourth-order valence-corrected chi connectivity index (χ4v) is 3.83. The molecule has 1 fully saturated rings. The highest BCUT2D eigenvalue weighted by Gasteiger charge is 2.33. The zero-order chi connectivity index (χ0) is 18.3. The molecular weight excluding hydrogens is 326 g/mol. The van der Waals surface area contributed by atoms with E-state index in [0.717, 1.165) is 41.9 Å². The van der Waals surface area contributed by atoms with E-state index in [-0.39, 0.29) is 12.1 Å². The van der Waals surface area contributed by atoms with E-state index in [1.54, 1.807) is 6.20 Å². The van der Waals surface area contributed by atoms with Gasteiger partial charge in [-0.2, -0.15) is 0 Å². The summed E-state index contributed by atoms with van der Waals surface area (Å²) in [7, 11) is 0. The van der Waals surface area contributed by atoms with Crippen molar-refractivity contribution in [2.45, 2.75) is 52.3 Å². The van der Waals surface area contributed by atoms with E-state index < -0.39 is 0 Å². The molecule has 4 rings (SSSR count). The second-order valence-corrected chi connectivity index (χ2v) is 7.50. The number of aromatic nitrogens is 4. The van der Waals surface area contributed by atoms with Crippen LogP contribution in [0.3, 0.4) is 0 Å². The first-order valence-corrected chi connectivity index (χ1v) is 9.15. The average Bonchev–Trinajstić information content (AvgIpc) is 3.21. The molecule has 2 aromatic heterocycles. The Labute approximate surface area is 153 Å². The standard InChI is InChI=1S/C20H25N5O/c1-12-6-16-17(7-13(12)2)23-20(14(3)22-16)24-18-8-15(9-19(18)26)10-25-5-4-21-11-25/h4-7,11,15,18-19,26H,8-10H2,1-3H3,(H,23,24)/t15?,18-,19-/m1/s1. The molecule has 136 valence electrons. The number of nitrogens with zero attached hydrogens (tertiary/aromatic N) is 4. The van der Waals surface area contributed by atoms with E-state index in [2.05, 4.69) is 40.8 Å². The van der Waals surface area contributed by atoms with E-state index in [4.69, 9.17) is 9.97 Å². The van der Waals surface area contributed by atoms with Gasteiger partial charge in [0.05, 0.1) is 35.2 Å². The van der Waals surface area contributed by atoms with Gasteiger partial charge in [-0.1, -0.05) is 0 Å². The van der Waals surface area contributed by atoms with Crippen LogP contribution >= 0.6 is 0 Å². The number of aliphatic hydroxyl groups is 1. The monoisotopic (exact) mass is 351 g/mol. The van der Waals surface area contributed by atoms with Crippen LogP contribution in [0.4, 0.5) is 5.82 Å². The highest BCUT2D eigenvalue weighted by atomic mass is 16.3. The molecule has 2 N–H and O–H groups in total. The number of fused-ring (bicyclic) bond motifs is 1. The number of aliphatic hydroxyl groups excluding tert-OH is 1. The fourth-order valence-electron chi connectivity index (χ4n) is 3.83. The number of hydrogen-bond donors (Lipinski definition) is 2. The van der Waals surface area contributed by atoms with Crippen molar-refractivity contribution in [2.75, 3.05) is 5.32 Å². The zero-order valence-corrected chi connectivity index (χ0v) is 15.5. The lowest BCUT2D eigenvalue weighted by Gasteiger charge is -2.19. The van der Waals surface area contributed by atoms with Crippen molar-refractivity contribution in [1.29, 1.82) is 0 Å². The van der Waals surface area contributed by atoms with Crippen LogP contribution in [0.5, 0.6) is 0 Å². The van der Waals surface area contributed by atoms with Crippen LogP contribution in [0.25, 0.3) is 11.0 Å². The topological polar surface area (TPSA) is 75.9 Å². The maximum Gasteiger partial charge on any atom is 0.148 e. The molecule has 1 aromatic carbocycles. The second kappa shape index (κ2) is 6.68. The van der Waals surface area contributed by atoms with Gasteiger partial charge in [-0.25, -0.2) is 15.0 Å². The van der Waals surface area contributed by atoms with Crippen molar-refractivity contribution < 1.29 is 5.11 Å². The molecule has 1 aliphatic carbocycles. The molecule has 0 bridgehead atoms. The molecule has 3 aromatic rings. The van der Waals surface area contributed by atoms with E-state index in [1.165, 1.54) is 11.1 Å². The second-order valence-electron chi connectivity index (χ2n) is 7.50. The minimum atomic E-state index is -0.375. The minimum Gasteiger partial charge on any atom is -0.391 e. The molecule has 6 nitrogen and oxygen atoms in total. The Kier molecular flexibility index (Phi) is 4.36. The molecule has 0 spiro atoms. The molecule has 3 atom stereocenters. The normalized spacial score (nSPS) is 22.8. The van der Waals surface area contributed by atoms with E-state index in [9.17, 15) is 5.11 Å². The Hall–Kier alpha value is -2.47. The summed E-state index contributed by atoms with van der Waals surface area (Å²) < 4.78 is 2.08. The molecule has 1 aliphatic rings. The predicted octanol–water partition coefficient (Wildman–Crippen LogP) is 3.00. The summed E-state index contributed by atoms with van der Waals surface area (Å²) >= 11 is 0. The Morgan fingerprint density at radius 2 is 1.85 bits per heavy atom. The minimum absolute atomic E-state index is 0.000478. The summed E-state index contributed by atoms with van der Waals surface area (Å²) in [6.07, 6.45) is 6.91. The first kappa shape index (κ1) is 17.0. The number of hydrogen-bond acceptors (Lipinski definition) is 5. The number of anilines is 1. The summed E-state index contributed by atoms with van der Waals surface area (Å²) in [6.45, 7) is 7.03. The van der Waals surface area contributed by atoms with Gasteiger partial charge in [-0.15, -0.1) is 0 Å². The largest absolute Gasteiger partial charge is 0.391 e. The molecule has 1 saturated carbocycles. The van der Waals surface area contributed by atoms with Gasteiger partial charge in [0.15, 0.2) is 0 Å². The highest BCUT2D eigenvalue weighted by molar-refractivity contribution is 5.78. The lowest BCUT2D eigenvalue weighted by molar-refractivity contribution is 0.166. The number of benzene rings is 1. The third kappa shape index (κ3) is 3.29. The van der Waals surface area contributed by atoms with Crippen LogP contribution in [0.15, 0.2) is 30.9 Å². The van der Waals surface area contributed by atoms with Gasteiger partial charge < -0.3 is 15.0 Å². The smallest absolute Gasteiger partial charge is 0.148 e. The Bertz CT molecular complexity index is 922. The summed E-state index contributed by atoms with van der Waals surface area (Å²) in [5.41, 5.74) is 5.11. The Morgan fingerprint density at radius 3 is 2.54 bits per heavy atom. The molecule has 6 heteroatoms. The molecule has 1 unspecified atom stereocenters. The van der Waals surface area contributed by atoms with E-state index >= 15 is 0 Å². The summed E-state index contributed by atoms with van der Waals surface area (Å²) in [4.78, 5) is 13.6. The average molecular weight is 351 g/mol. The quantitative estimate of drug-likeness (QED) is 0.756. The summed E-state index contributed by atoms with van der Waals surface area (Å²) in [5.74, 6) is 1.20. The number of rotatable bonds is 4. The molecule has 0 aliphatic heterocycles. The van der Waals surface area contributed by atoms with Crippen LogP contribution in [-0.2, 0) is 6.54 Å². The van der Waals surface area contributed by atoms with Gasteiger partial charge in [-0.05, 0) is 62.8 Å². The van der Waals surface area contributed by atoms with Gasteiger partial charge in [0.1, 0.15) is 5.82 Å². The fraction of sp³-hybridized carbons (Fsp3) is 0.450. The third-order valence-electron chi connectivity index (χ3n) is 5.43. The van der Waals surface area contributed by atoms with Crippen LogP contribution in [0.2, 0.25) is 0 Å². The SMILES string of the molecule is Cc1cc2nc(C)c(N[C@@H]3CC(Cn4ccnc4)C[C@H]3O)nc2cc1C. The third-order valence-corrected chi connectivity index (χ3v) is 5.43. The maximum absolute atomic E-state index is 10.5. The number of aryl methyl sites for hydroxylation is 3. The zero-order valence-electron chi connectivity index (χ0n) is 15.5. The molecule has 0 amide bonds. The summed E-state index contributed by atoms with van der Waals surface area (Å²) in [6, 6.07) is 4.16. The van der Waals surface area contributed by atoms with E-state index in [0.29, 0.717) is 5.92 Å². The number of nitrogens with one attached hydrogen (secondary N) is 1. The Balaban J connectivity index is 1.53. The number of imidazole rings is 1. The molecular formula is C20H25N5O. The van der Waals surface area contributed by atoms with Crippen molar-refractivity contribution in [2.24, 2.45) is 5.92 Å². The predicted molar refractivity (Wildman–Crippen MR) is 102 cm³/mol. The lowest BCUT2D eigenvalue weighted by atomic mass is 10.1. The van der Waals surface area contributed by atoms with Crippen LogP contribution < -0.4 is 5.32 Å². The van der Waals surface area contributed by atoms with Crippen LogP contribution in [-0.4, -0.2) is 36.8 Å². The van der Waals surface area contributed by atoms with Crippen molar-refractivity contribution in [3.05, 3.63) is 47.7 Å². The van der Waals surface area contributed by atoms with Gasteiger partial charge in [-0.3, -0.25) is 0 Å². The van der Waals surface area contributed by atoms with Crippen LogP contribution in [0, 0.1) is 26.7 Å². The molecule has 0 saturated heterocycles. The van der Waals surface area contributed by atoms with Gasteiger partial charge in [0, 0.05) is 18.9 Å². The van der Waals surface area contributed by atoms with E-state index in [1.807, 2.05) is 19.4 Å². The highest BCUT2D eigenvalue weighted by Crippen LogP contribution is 2.30. The van der Waals surface area contributed by atoms with Gasteiger partial charge in [0.25, 0.3) is 0 Å². The molecule has 2 heterocycles.